The molecular weight excluding hydrogens is 166 g/mol. The Kier molecular flexibility index (Phi) is 2.09. The minimum absolute atomic E-state index is 0.977. The Morgan fingerprint density at radius 1 is 1.23 bits per heavy atom. The van der Waals surface area contributed by atoms with Crippen molar-refractivity contribution in [3.05, 3.63) is 42.7 Å². The van der Waals surface area contributed by atoms with Crippen LogP contribution >= 0.6 is 0 Å². The molecule has 0 fully saturated rings. The van der Waals surface area contributed by atoms with Crippen molar-refractivity contribution in [1.29, 1.82) is 0 Å². The topological polar surface area (TPSA) is 56.0 Å². The molecule has 0 aromatic carbocycles. The van der Waals surface area contributed by atoms with Crippen LogP contribution in [-0.2, 0) is 0 Å². The summed E-state index contributed by atoms with van der Waals surface area (Å²) in [7, 11) is 0. The van der Waals surface area contributed by atoms with Gasteiger partial charge in [-0.3, -0.25) is 4.98 Å². The molecule has 2 rings (SSSR count). The van der Waals surface area contributed by atoms with E-state index in [4.69, 9.17) is 0 Å². The van der Waals surface area contributed by atoms with Crippen LogP contribution in [0.2, 0.25) is 0 Å². The molecule has 0 amide bonds. The van der Waals surface area contributed by atoms with Crippen LogP contribution in [0.15, 0.2) is 42.3 Å². The van der Waals surface area contributed by atoms with Crippen LogP contribution in [0.3, 0.4) is 0 Å². The molecule has 2 aromatic rings. The molecule has 64 valence electrons. The van der Waals surface area contributed by atoms with Crippen molar-refractivity contribution in [1.82, 2.24) is 19.9 Å². The summed E-state index contributed by atoms with van der Waals surface area (Å²) in [5, 5.41) is 7.85. The molecule has 0 aliphatic heterocycles. The maximum absolute atomic E-state index is 4.03. The number of pyridine rings is 1. The van der Waals surface area contributed by atoms with Gasteiger partial charge in [-0.05, 0) is 17.7 Å². The first kappa shape index (κ1) is 7.60. The maximum Gasteiger partial charge on any atom is 0.139 e. The zero-order valence-corrected chi connectivity index (χ0v) is 6.78. The third-order valence-electron chi connectivity index (χ3n) is 1.44. The van der Waals surface area contributed by atoms with Crippen molar-refractivity contribution >= 4 is 6.21 Å². The Hall–Kier alpha value is -2.04. The van der Waals surface area contributed by atoms with Gasteiger partial charge in [0.15, 0.2) is 0 Å². The van der Waals surface area contributed by atoms with Gasteiger partial charge < -0.3 is 0 Å². The first-order valence-electron chi connectivity index (χ1n) is 3.74. The lowest BCUT2D eigenvalue weighted by Gasteiger charge is -1.89. The fourth-order valence-corrected chi connectivity index (χ4v) is 0.837. The van der Waals surface area contributed by atoms with Gasteiger partial charge in [0, 0.05) is 12.4 Å². The molecule has 0 atom stereocenters. The van der Waals surface area contributed by atoms with Crippen molar-refractivity contribution in [2.75, 3.05) is 0 Å². The summed E-state index contributed by atoms with van der Waals surface area (Å²) in [4.78, 5) is 9.04. The van der Waals surface area contributed by atoms with E-state index in [0.717, 1.165) is 5.56 Å². The molecule has 0 saturated heterocycles. The third-order valence-corrected chi connectivity index (χ3v) is 1.44. The number of hydrogen-bond acceptors (Lipinski definition) is 4. The van der Waals surface area contributed by atoms with E-state index >= 15 is 0 Å². The summed E-state index contributed by atoms with van der Waals surface area (Å²) in [5.41, 5.74) is 0.977. The maximum atomic E-state index is 4.03. The number of nitrogens with zero attached hydrogens (tertiary/aromatic N) is 5. The first-order chi connectivity index (χ1) is 6.45. The van der Waals surface area contributed by atoms with E-state index in [-0.39, 0.29) is 0 Å². The largest absolute Gasteiger partial charge is 0.265 e. The molecule has 0 bridgehead atoms. The predicted molar refractivity (Wildman–Crippen MR) is 47.3 cm³/mol. The minimum atomic E-state index is 0.977. The second-order valence-corrected chi connectivity index (χ2v) is 2.34. The lowest BCUT2D eigenvalue weighted by molar-refractivity contribution is 0.743. The van der Waals surface area contributed by atoms with Gasteiger partial charge in [0.05, 0.1) is 6.21 Å². The highest BCUT2D eigenvalue weighted by molar-refractivity contribution is 5.78. The molecule has 0 aliphatic rings. The van der Waals surface area contributed by atoms with Crippen LogP contribution in [-0.4, -0.2) is 26.1 Å². The van der Waals surface area contributed by atoms with E-state index in [0.29, 0.717) is 0 Å². The Morgan fingerprint density at radius 2 is 2.08 bits per heavy atom. The molecular formula is C8H7N5. The van der Waals surface area contributed by atoms with Gasteiger partial charge in [-0.1, -0.05) is 0 Å². The Morgan fingerprint density at radius 3 is 2.77 bits per heavy atom. The zero-order chi connectivity index (χ0) is 8.93. The lowest BCUT2D eigenvalue weighted by atomic mass is 10.3. The Bertz CT molecular complexity index is 378. The van der Waals surface area contributed by atoms with Crippen molar-refractivity contribution in [2.24, 2.45) is 5.10 Å². The van der Waals surface area contributed by atoms with E-state index in [1.165, 1.54) is 17.4 Å². The fraction of sp³-hybridized carbons (Fsp3) is 0. The Balaban J connectivity index is 2.15. The molecule has 0 spiro atoms. The molecule has 0 N–H and O–H groups in total. The van der Waals surface area contributed by atoms with Crippen LogP contribution in [0.4, 0.5) is 0 Å². The Labute approximate surface area is 74.8 Å². The van der Waals surface area contributed by atoms with E-state index in [9.17, 15) is 0 Å². The summed E-state index contributed by atoms with van der Waals surface area (Å²) >= 11 is 0. The molecule has 0 unspecified atom stereocenters. The summed E-state index contributed by atoms with van der Waals surface area (Å²) in [5.74, 6) is 0. The van der Waals surface area contributed by atoms with Crippen molar-refractivity contribution in [2.45, 2.75) is 0 Å². The molecule has 5 heteroatoms. The monoisotopic (exact) mass is 173 g/mol. The summed E-state index contributed by atoms with van der Waals surface area (Å²) in [6, 6.07) is 3.72. The molecule has 0 aliphatic carbocycles. The molecule has 2 aromatic heterocycles. The van der Waals surface area contributed by atoms with Gasteiger partial charge in [-0.2, -0.15) is 5.10 Å². The zero-order valence-electron chi connectivity index (χ0n) is 6.78. The standard InChI is InChI=1S/C8H7N5/c1-3-9-4-2-8(1)5-11-13-7-10-6-12-13/h1-7H/b11-5+. The molecule has 0 saturated carbocycles. The van der Waals surface area contributed by atoms with Crippen LogP contribution in [0, 0.1) is 0 Å². The summed E-state index contributed by atoms with van der Waals surface area (Å²) in [6.45, 7) is 0. The quantitative estimate of drug-likeness (QED) is 0.623. The highest BCUT2D eigenvalue weighted by atomic mass is 15.5. The SMILES string of the molecule is C(=N\n1cncn1)/c1ccncc1. The van der Waals surface area contributed by atoms with Gasteiger partial charge >= 0.3 is 0 Å². The number of aromatic nitrogens is 4. The number of hydrogen-bond donors (Lipinski definition) is 0. The third kappa shape index (κ3) is 1.96. The highest BCUT2D eigenvalue weighted by Gasteiger charge is 1.85. The van der Waals surface area contributed by atoms with E-state index in [2.05, 4.69) is 20.2 Å². The van der Waals surface area contributed by atoms with Crippen molar-refractivity contribution in [3.63, 3.8) is 0 Å². The van der Waals surface area contributed by atoms with Crippen molar-refractivity contribution < 1.29 is 0 Å². The molecule has 5 nitrogen and oxygen atoms in total. The highest BCUT2D eigenvalue weighted by Crippen LogP contribution is 1.91. The predicted octanol–water partition coefficient (Wildman–Crippen LogP) is 0.555. The molecule has 13 heavy (non-hydrogen) atoms. The van der Waals surface area contributed by atoms with Crippen LogP contribution < -0.4 is 0 Å². The van der Waals surface area contributed by atoms with Crippen LogP contribution in [0.1, 0.15) is 5.56 Å². The molecule has 2 heterocycles. The van der Waals surface area contributed by atoms with E-state index in [1.807, 2.05) is 12.1 Å². The fourth-order valence-electron chi connectivity index (χ4n) is 0.837. The number of rotatable bonds is 2. The van der Waals surface area contributed by atoms with E-state index in [1.54, 1.807) is 18.6 Å². The second kappa shape index (κ2) is 3.57. The average molecular weight is 173 g/mol. The van der Waals surface area contributed by atoms with Gasteiger partial charge in [0.2, 0.25) is 0 Å². The summed E-state index contributed by atoms with van der Waals surface area (Å²) < 4.78 is 0. The van der Waals surface area contributed by atoms with Gasteiger partial charge in [-0.15, -0.1) is 9.89 Å². The smallest absolute Gasteiger partial charge is 0.139 e. The minimum Gasteiger partial charge on any atom is -0.265 e. The van der Waals surface area contributed by atoms with Crippen LogP contribution in [0.25, 0.3) is 0 Å². The lowest BCUT2D eigenvalue weighted by Crippen LogP contribution is -1.90. The van der Waals surface area contributed by atoms with Crippen molar-refractivity contribution in [3.8, 4) is 0 Å². The normalized spacial score (nSPS) is 10.8. The van der Waals surface area contributed by atoms with E-state index < -0.39 is 0 Å². The van der Waals surface area contributed by atoms with Gasteiger partial charge in [-0.25, -0.2) is 4.98 Å². The molecule has 0 radical (unpaired) electrons. The summed E-state index contributed by atoms with van der Waals surface area (Å²) in [6.07, 6.45) is 8.07. The average Bonchev–Trinajstić information content (AvgIpc) is 2.69. The first-order valence-corrected chi connectivity index (χ1v) is 3.74. The second-order valence-electron chi connectivity index (χ2n) is 2.34. The van der Waals surface area contributed by atoms with Gasteiger partial charge in [0.25, 0.3) is 0 Å². The van der Waals surface area contributed by atoms with Gasteiger partial charge in [0.1, 0.15) is 12.7 Å². The van der Waals surface area contributed by atoms with Crippen LogP contribution in [0.5, 0.6) is 0 Å².